The Morgan fingerprint density at radius 3 is 2.36 bits per heavy atom. The van der Waals surface area contributed by atoms with Gasteiger partial charge in [-0.25, -0.2) is 4.39 Å². The van der Waals surface area contributed by atoms with Gasteiger partial charge < -0.3 is 15.4 Å². The van der Waals surface area contributed by atoms with E-state index in [9.17, 15) is 14.0 Å². The number of anilines is 2. The van der Waals surface area contributed by atoms with Crippen LogP contribution in [0.3, 0.4) is 0 Å². The summed E-state index contributed by atoms with van der Waals surface area (Å²) in [7, 11) is 0. The van der Waals surface area contributed by atoms with Crippen LogP contribution in [0, 0.1) is 5.82 Å². The highest BCUT2D eigenvalue weighted by molar-refractivity contribution is 9.10. The summed E-state index contributed by atoms with van der Waals surface area (Å²) in [6.07, 6.45) is 1.23. The second-order valence-electron chi connectivity index (χ2n) is 5.65. The molecule has 0 aliphatic carbocycles. The summed E-state index contributed by atoms with van der Waals surface area (Å²) in [4.78, 5) is 24.2. The van der Waals surface area contributed by atoms with Gasteiger partial charge in [-0.05, 0) is 71.2 Å². The molecule has 1 atom stereocenters. The van der Waals surface area contributed by atoms with Gasteiger partial charge in [0, 0.05) is 22.5 Å². The molecule has 3 rings (SSSR count). The van der Waals surface area contributed by atoms with Crippen molar-refractivity contribution in [3.05, 3.63) is 58.3 Å². The largest absolute Gasteiger partial charge is 0.368 e. The third-order valence-electron chi connectivity index (χ3n) is 3.81. The number of amides is 2. The summed E-state index contributed by atoms with van der Waals surface area (Å²) in [5, 5.41) is 5.51. The lowest BCUT2D eigenvalue weighted by Gasteiger charge is -2.11. The monoisotopic (exact) mass is 406 g/mol. The third kappa shape index (κ3) is 4.43. The predicted octanol–water partition coefficient (Wildman–Crippen LogP) is 3.96. The highest BCUT2D eigenvalue weighted by Crippen LogP contribution is 2.21. The Balaban J connectivity index is 1.62. The summed E-state index contributed by atoms with van der Waals surface area (Å²) < 4.78 is 18.8. The van der Waals surface area contributed by atoms with Gasteiger partial charge in [0.15, 0.2) is 0 Å². The van der Waals surface area contributed by atoms with Gasteiger partial charge in [0.1, 0.15) is 11.9 Å². The molecule has 1 fully saturated rings. The molecule has 2 aromatic carbocycles. The molecule has 1 heterocycles. The normalized spacial score (nSPS) is 16.5. The minimum Gasteiger partial charge on any atom is -0.368 e. The Hall–Kier alpha value is -2.25. The van der Waals surface area contributed by atoms with Gasteiger partial charge in [-0.1, -0.05) is 0 Å². The second kappa shape index (κ2) is 7.76. The Morgan fingerprint density at radius 1 is 1.08 bits per heavy atom. The number of nitrogens with one attached hydrogen (secondary N) is 2. The zero-order valence-electron chi connectivity index (χ0n) is 13.2. The first-order valence-electron chi connectivity index (χ1n) is 7.82. The Labute approximate surface area is 152 Å². The van der Waals surface area contributed by atoms with E-state index in [0.717, 1.165) is 12.8 Å². The summed E-state index contributed by atoms with van der Waals surface area (Å²) in [5.74, 6) is -0.942. The van der Waals surface area contributed by atoms with Crippen LogP contribution in [0.2, 0.25) is 0 Å². The smallest absolute Gasteiger partial charge is 0.256 e. The first kappa shape index (κ1) is 17.6. The molecule has 1 aliphatic rings. The average Bonchev–Trinajstić information content (AvgIpc) is 3.11. The molecule has 1 aliphatic heterocycles. The quantitative estimate of drug-likeness (QED) is 0.807. The first-order valence-corrected chi connectivity index (χ1v) is 8.61. The topological polar surface area (TPSA) is 67.4 Å². The van der Waals surface area contributed by atoms with E-state index in [1.54, 1.807) is 24.3 Å². The molecule has 2 N–H and O–H groups in total. The van der Waals surface area contributed by atoms with Gasteiger partial charge in [0.05, 0.1) is 5.56 Å². The Morgan fingerprint density at radius 2 is 1.76 bits per heavy atom. The molecule has 0 spiro atoms. The fourth-order valence-electron chi connectivity index (χ4n) is 2.52. The molecule has 1 saturated heterocycles. The van der Waals surface area contributed by atoms with Crippen molar-refractivity contribution in [1.82, 2.24) is 0 Å². The lowest BCUT2D eigenvalue weighted by Crippen LogP contribution is -2.26. The Kier molecular flexibility index (Phi) is 5.45. The number of hydrogen-bond acceptors (Lipinski definition) is 3. The molecule has 130 valence electrons. The van der Waals surface area contributed by atoms with E-state index in [-0.39, 0.29) is 11.8 Å². The third-order valence-corrected chi connectivity index (χ3v) is 4.46. The van der Waals surface area contributed by atoms with Gasteiger partial charge in [0.25, 0.3) is 11.8 Å². The maximum atomic E-state index is 13.1. The molecule has 2 aromatic rings. The number of carbonyl (C=O) groups is 2. The molecule has 0 radical (unpaired) electrons. The van der Waals surface area contributed by atoms with Crippen LogP contribution in [0.25, 0.3) is 0 Å². The minimum absolute atomic E-state index is 0.162. The van der Waals surface area contributed by atoms with E-state index in [2.05, 4.69) is 26.6 Å². The molecule has 5 nitrogen and oxygen atoms in total. The van der Waals surface area contributed by atoms with Crippen LogP contribution >= 0.6 is 15.9 Å². The van der Waals surface area contributed by atoms with Gasteiger partial charge in [-0.3, -0.25) is 9.59 Å². The number of benzene rings is 2. The summed E-state index contributed by atoms with van der Waals surface area (Å²) in [5.41, 5.74) is 1.52. The molecule has 0 bridgehead atoms. The van der Waals surface area contributed by atoms with Crippen LogP contribution in [0.4, 0.5) is 15.8 Å². The van der Waals surface area contributed by atoms with E-state index in [0.29, 0.717) is 28.0 Å². The zero-order valence-corrected chi connectivity index (χ0v) is 14.8. The van der Waals surface area contributed by atoms with Crippen molar-refractivity contribution in [2.45, 2.75) is 18.9 Å². The molecule has 0 saturated carbocycles. The van der Waals surface area contributed by atoms with Gasteiger partial charge in [-0.15, -0.1) is 0 Å². The number of rotatable bonds is 4. The van der Waals surface area contributed by atoms with Crippen LogP contribution in [0.15, 0.2) is 46.9 Å². The fraction of sp³-hybridized carbons (Fsp3) is 0.222. The van der Waals surface area contributed by atoms with Crippen molar-refractivity contribution in [3.63, 3.8) is 0 Å². The summed E-state index contributed by atoms with van der Waals surface area (Å²) in [6, 6.07) is 10.6. The molecule has 2 amide bonds. The van der Waals surface area contributed by atoms with Crippen LogP contribution in [-0.4, -0.2) is 24.5 Å². The van der Waals surface area contributed by atoms with Crippen molar-refractivity contribution in [2.75, 3.05) is 17.2 Å². The van der Waals surface area contributed by atoms with Crippen molar-refractivity contribution < 1.29 is 18.7 Å². The number of carbonyl (C=O) groups excluding carboxylic acids is 2. The maximum Gasteiger partial charge on any atom is 0.256 e. The highest BCUT2D eigenvalue weighted by Gasteiger charge is 2.23. The van der Waals surface area contributed by atoms with Crippen molar-refractivity contribution in [3.8, 4) is 0 Å². The lowest BCUT2D eigenvalue weighted by atomic mass is 10.2. The van der Waals surface area contributed by atoms with E-state index in [1.807, 2.05) is 0 Å². The standard InChI is InChI=1S/C18H16BrFN2O3/c19-15-10-11(20)3-8-14(15)17(23)21-12-4-6-13(7-5-12)22-18(24)16-2-1-9-25-16/h3-8,10,16H,1-2,9H2,(H,21,23)(H,22,24). The lowest BCUT2D eigenvalue weighted by molar-refractivity contribution is -0.124. The highest BCUT2D eigenvalue weighted by atomic mass is 79.9. The van der Waals surface area contributed by atoms with Gasteiger partial charge in [-0.2, -0.15) is 0 Å². The van der Waals surface area contributed by atoms with Crippen LogP contribution < -0.4 is 10.6 Å². The summed E-state index contributed by atoms with van der Waals surface area (Å²) in [6.45, 7) is 0.613. The minimum atomic E-state index is -0.422. The van der Waals surface area contributed by atoms with Crippen molar-refractivity contribution >= 4 is 39.1 Å². The molecule has 25 heavy (non-hydrogen) atoms. The van der Waals surface area contributed by atoms with Crippen LogP contribution in [0.1, 0.15) is 23.2 Å². The van der Waals surface area contributed by atoms with E-state index >= 15 is 0 Å². The predicted molar refractivity (Wildman–Crippen MR) is 96.1 cm³/mol. The first-order chi connectivity index (χ1) is 12.0. The molecule has 1 unspecified atom stereocenters. The number of halogens is 2. The number of hydrogen-bond donors (Lipinski definition) is 2. The van der Waals surface area contributed by atoms with Crippen molar-refractivity contribution in [2.24, 2.45) is 0 Å². The van der Waals surface area contributed by atoms with Crippen LogP contribution in [-0.2, 0) is 9.53 Å². The second-order valence-corrected chi connectivity index (χ2v) is 6.50. The summed E-state index contributed by atoms with van der Waals surface area (Å²) >= 11 is 3.17. The molecular weight excluding hydrogens is 391 g/mol. The van der Waals surface area contributed by atoms with Crippen LogP contribution in [0.5, 0.6) is 0 Å². The molecule has 7 heteroatoms. The van der Waals surface area contributed by atoms with E-state index in [4.69, 9.17) is 4.74 Å². The SMILES string of the molecule is O=C(Nc1ccc(NC(=O)C2CCCO2)cc1)c1ccc(F)cc1Br. The molecule has 0 aromatic heterocycles. The molecular formula is C18H16BrFN2O3. The Bertz CT molecular complexity index is 789. The number of ether oxygens (including phenoxy) is 1. The van der Waals surface area contributed by atoms with E-state index in [1.165, 1.54) is 18.2 Å². The van der Waals surface area contributed by atoms with Gasteiger partial charge >= 0.3 is 0 Å². The van der Waals surface area contributed by atoms with Gasteiger partial charge in [0.2, 0.25) is 0 Å². The fourth-order valence-corrected chi connectivity index (χ4v) is 3.05. The zero-order chi connectivity index (χ0) is 17.8. The maximum absolute atomic E-state index is 13.1. The average molecular weight is 407 g/mol. The van der Waals surface area contributed by atoms with E-state index < -0.39 is 11.9 Å². The van der Waals surface area contributed by atoms with Crippen molar-refractivity contribution in [1.29, 1.82) is 0 Å².